The SMILES string of the molecule is COC(=O)C1=C(C)N=c2s/c(=C\c3ccccc3)c(=O)n2[C@@H]1c1ccc(Cl)cc1. The molecule has 0 spiro atoms. The smallest absolute Gasteiger partial charge is 0.338 e. The third-order valence-electron chi connectivity index (χ3n) is 4.71. The van der Waals surface area contributed by atoms with Gasteiger partial charge in [-0.05, 0) is 36.3 Å². The molecule has 1 aromatic heterocycles. The summed E-state index contributed by atoms with van der Waals surface area (Å²) in [5.74, 6) is -0.511. The number of ether oxygens (including phenoxy) is 1. The number of carbonyl (C=O) groups is 1. The van der Waals surface area contributed by atoms with Gasteiger partial charge >= 0.3 is 5.97 Å². The van der Waals surface area contributed by atoms with E-state index < -0.39 is 12.0 Å². The van der Waals surface area contributed by atoms with Crippen LogP contribution in [0.4, 0.5) is 0 Å². The van der Waals surface area contributed by atoms with Gasteiger partial charge in [-0.2, -0.15) is 0 Å². The number of rotatable bonds is 3. The van der Waals surface area contributed by atoms with Crippen molar-refractivity contribution in [1.82, 2.24) is 4.57 Å². The second-order valence-electron chi connectivity index (χ2n) is 6.54. The second kappa shape index (κ2) is 7.81. The van der Waals surface area contributed by atoms with E-state index >= 15 is 0 Å². The summed E-state index contributed by atoms with van der Waals surface area (Å²) in [6.07, 6.45) is 1.83. The molecule has 0 saturated carbocycles. The average Bonchev–Trinajstić information content (AvgIpc) is 3.02. The lowest BCUT2D eigenvalue weighted by molar-refractivity contribution is -0.136. The Morgan fingerprint density at radius 1 is 1.17 bits per heavy atom. The Labute approximate surface area is 175 Å². The van der Waals surface area contributed by atoms with E-state index in [1.807, 2.05) is 48.5 Å². The lowest BCUT2D eigenvalue weighted by atomic mass is 9.96. The molecule has 29 heavy (non-hydrogen) atoms. The first kappa shape index (κ1) is 19.4. The van der Waals surface area contributed by atoms with E-state index in [9.17, 15) is 9.59 Å². The lowest BCUT2D eigenvalue weighted by Gasteiger charge is -2.24. The largest absolute Gasteiger partial charge is 0.466 e. The second-order valence-corrected chi connectivity index (χ2v) is 7.98. The molecule has 0 unspecified atom stereocenters. The Balaban J connectivity index is 1.99. The average molecular weight is 425 g/mol. The molecule has 5 nitrogen and oxygen atoms in total. The van der Waals surface area contributed by atoms with Gasteiger partial charge in [0.05, 0.1) is 29.0 Å². The van der Waals surface area contributed by atoms with Crippen molar-refractivity contribution in [3.8, 4) is 0 Å². The molecule has 1 atom stereocenters. The number of halogens is 1. The molecule has 0 N–H and O–H groups in total. The Morgan fingerprint density at radius 2 is 1.86 bits per heavy atom. The minimum absolute atomic E-state index is 0.202. The number of thiazole rings is 1. The number of benzene rings is 2. The zero-order valence-electron chi connectivity index (χ0n) is 15.8. The van der Waals surface area contributed by atoms with Crippen molar-refractivity contribution in [2.45, 2.75) is 13.0 Å². The molecule has 3 aromatic rings. The topological polar surface area (TPSA) is 60.7 Å². The predicted molar refractivity (Wildman–Crippen MR) is 114 cm³/mol. The number of esters is 1. The summed E-state index contributed by atoms with van der Waals surface area (Å²) in [5.41, 5.74) is 2.35. The minimum atomic E-state index is -0.631. The molecule has 0 bridgehead atoms. The standard InChI is InChI=1S/C22H17ClN2O3S/c1-13-18(21(27)28-2)19(15-8-10-16(23)11-9-15)25-20(26)17(29-22(25)24-13)12-14-6-4-3-5-7-14/h3-12,19H,1-2H3/b17-12-/t19-/m1/s1. The van der Waals surface area contributed by atoms with Crippen LogP contribution in [0.2, 0.25) is 5.02 Å². The van der Waals surface area contributed by atoms with Gasteiger partial charge in [-0.1, -0.05) is 65.4 Å². The van der Waals surface area contributed by atoms with Gasteiger partial charge in [0.1, 0.15) is 0 Å². The highest BCUT2D eigenvalue weighted by atomic mass is 35.5. The maximum absolute atomic E-state index is 13.3. The predicted octanol–water partition coefficient (Wildman–Crippen LogP) is 3.06. The molecule has 0 aliphatic carbocycles. The molecule has 0 radical (unpaired) electrons. The lowest BCUT2D eigenvalue weighted by Crippen LogP contribution is -2.39. The Morgan fingerprint density at radius 3 is 2.52 bits per heavy atom. The van der Waals surface area contributed by atoms with Gasteiger partial charge in [-0.15, -0.1) is 0 Å². The van der Waals surface area contributed by atoms with Crippen LogP contribution in [0, 0.1) is 0 Å². The van der Waals surface area contributed by atoms with Crippen LogP contribution in [0.25, 0.3) is 6.08 Å². The van der Waals surface area contributed by atoms with Gasteiger partial charge in [-0.25, -0.2) is 9.79 Å². The molecule has 0 amide bonds. The highest BCUT2D eigenvalue weighted by Gasteiger charge is 2.32. The van der Waals surface area contributed by atoms with Gasteiger partial charge in [0.15, 0.2) is 4.80 Å². The number of hydrogen-bond acceptors (Lipinski definition) is 5. The number of hydrogen-bond donors (Lipinski definition) is 0. The molecule has 4 rings (SSSR count). The molecule has 0 saturated heterocycles. The third-order valence-corrected chi connectivity index (χ3v) is 5.94. The zero-order valence-corrected chi connectivity index (χ0v) is 17.3. The molecular formula is C22H17ClN2O3S. The number of aromatic nitrogens is 1. The number of methoxy groups -OCH3 is 1. The van der Waals surface area contributed by atoms with Crippen LogP contribution >= 0.6 is 22.9 Å². The quantitative estimate of drug-likeness (QED) is 0.607. The maximum Gasteiger partial charge on any atom is 0.338 e. The maximum atomic E-state index is 13.3. The number of carbonyl (C=O) groups excluding carboxylic acids is 1. The van der Waals surface area contributed by atoms with Gasteiger partial charge < -0.3 is 4.74 Å². The van der Waals surface area contributed by atoms with Crippen molar-refractivity contribution in [3.63, 3.8) is 0 Å². The van der Waals surface area contributed by atoms with Crippen molar-refractivity contribution in [1.29, 1.82) is 0 Å². The number of nitrogens with zero attached hydrogens (tertiary/aromatic N) is 2. The monoisotopic (exact) mass is 424 g/mol. The van der Waals surface area contributed by atoms with Crippen LogP contribution in [0.5, 0.6) is 0 Å². The molecule has 146 valence electrons. The molecular weight excluding hydrogens is 408 g/mol. The highest BCUT2D eigenvalue weighted by Crippen LogP contribution is 2.31. The number of fused-ring (bicyclic) bond motifs is 1. The van der Waals surface area contributed by atoms with Crippen LogP contribution in [0.1, 0.15) is 24.1 Å². The summed E-state index contributed by atoms with van der Waals surface area (Å²) in [6, 6.07) is 16.1. The summed E-state index contributed by atoms with van der Waals surface area (Å²) in [4.78, 5) is 30.9. The van der Waals surface area contributed by atoms with Crippen LogP contribution in [-0.4, -0.2) is 17.6 Å². The summed E-state index contributed by atoms with van der Waals surface area (Å²) in [7, 11) is 1.32. The molecule has 1 aliphatic heterocycles. The Bertz CT molecular complexity index is 1290. The van der Waals surface area contributed by atoms with E-state index in [1.165, 1.54) is 18.4 Å². The fourth-order valence-electron chi connectivity index (χ4n) is 3.35. The first-order valence-corrected chi connectivity index (χ1v) is 10.1. The van der Waals surface area contributed by atoms with Gasteiger partial charge in [0, 0.05) is 5.02 Å². The van der Waals surface area contributed by atoms with Crippen molar-refractivity contribution in [2.75, 3.05) is 7.11 Å². The van der Waals surface area contributed by atoms with Crippen molar-refractivity contribution >= 4 is 35.0 Å². The Kier molecular flexibility index (Phi) is 5.22. The normalized spacial score (nSPS) is 16.4. The van der Waals surface area contributed by atoms with Crippen molar-refractivity contribution < 1.29 is 9.53 Å². The first-order valence-electron chi connectivity index (χ1n) is 8.91. The molecule has 7 heteroatoms. The fourth-order valence-corrected chi connectivity index (χ4v) is 4.53. The highest BCUT2D eigenvalue weighted by molar-refractivity contribution is 7.07. The van der Waals surface area contributed by atoms with Gasteiger partial charge in [0.2, 0.25) is 0 Å². The summed E-state index contributed by atoms with van der Waals surface area (Å²) in [6.45, 7) is 1.75. The van der Waals surface area contributed by atoms with E-state index in [4.69, 9.17) is 16.3 Å². The van der Waals surface area contributed by atoms with E-state index in [0.29, 0.717) is 25.6 Å². The first-order chi connectivity index (χ1) is 14.0. The van der Waals surface area contributed by atoms with Crippen LogP contribution in [0.15, 0.2) is 75.7 Å². The van der Waals surface area contributed by atoms with E-state index in [-0.39, 0.29) is 5.56 Å². The van der Waals surface area contributed by atoms with Gasteiger partial charge in [0.25, 0.3) is 5.56 Å². The van der Waals surface area contributed by atoms with E-state index in [2.05, 4.69) is 4.99 Å². The summed E-state index contributed by atoms with van der Waals surface area (Å²) < 4.78 is 7.10. The third kappa shape index (κ3) is 3.57. The molecule has 0 fully saturated rings. The summed E-state index contributed by atoms with van der Waals surface area (Å²) in [5, 5.41) is 0.575. The van der Waals surface area contributed by atoms with Crippen LogP contribution < -0.4 is 14.9 Å². The van der Waals surface area contributed by atoms with Crippen LogP contribution in [0.3, 0.4) is 0 Å². The van der Waals surface area contributed by atoms with E-state index in [1.54, 1.807) is 23.6 Å². The fraction of sp³-hybridized carbons (Fsp3) is 0.136. The zero-order chi connectivity index (χ0) is 20.5. The number of allylic oxidation sites excluding steroid dienone is 1. The van der Waals surface area contributed by atoms with Gasteiger partial charge in [-0.3, -0.25) is 9.36 Å². The van der Waals surface area contributed by atoms with Crippen molar-refractivity contribution in [3.05, 3.63) is 102 Å². The minimum Gasteiger partial charge on any atom is -0.466 e. The van der Waals surface area contributed by atoms with Crippen molar-refractivity contribution in [2.24, 2.45) is 4.99 Å². The molecule has 2 aromatic carbocycles. The Hall–Kier alpha value is -2.96. The molecule has 2 heterocycles. The van der Waals surface area contributed by atoms with E-state index in [0.717, 1.165) is 11.1 Å². The summed E-state index contributed by atoms with van der Waals surface area (Å²) >= 11 is 7.34. The van der Waals surface area contributed by atoms with Crippen LogP contribution in [-0.2, 0) is 9.53 Å². The molecule has 1 aliphatic rings.